The fourth-order valence-corrected chi connectivity index (χ4v) is 8.17. The Labute approximate surface area is 190 Å². The van der Waals surface area contributed by atoms with E-state index >= 15 is 0 Å². The van der Waals surface area contributed by atoms with Crippen LogP contribution in [0.25, 0.3) is 9.40 Å². The Morgan fingerprint density at radius 2 is 1.63 bits per heavy atom. The van der Waals surface area contributed by atoms with Crippen LogP contribution in [0.3, 0.4) is 0 Å². The molecule has 0 N–H and O–H groups in total. The molecule has 0 aliphatic heterocycles. The van der Waals surface area contributed by atoms with Gasteiger partial charge in [0.1, 0.15) is 11.0 Å². The van der Waals surface area contributed by atoms with Gasteiger partial charge >= 0.3 is 5.97 Å². The molecule has 2 saturated carbocycles. The van der Waals surface area contributed by atoms with Crippen LogP contribution in [0.5, 0.6) is 0 Å². The molecule has 0 aromatic carbocycles. The molecule has 2 aliphatic carbocycles. The highest BCUT2D eigenvalue weighted by Gasteiger charge is 2.32. The molecule has 0 radical (unpaired) electrons. The molecule has 2 heterocycles. The average Bonchev–Trinajstić information content (AvgIpc) is 3.32. The minimum Gasteiger partial charge on any atom is -0.458 e. The van der Waals surface area contributed by atoms with E-state index in [-0.39, 0.29) is 12.1 Å². The zero-order chi connectivity index (χ0) is 20.9. The Kier molecular flexibility index (Phi) is 7.91. The second-order valence-electron chi connectivity index (χ2n) is 9.68. The van der Waals surface area contributed by atoms with Gasteiger partial charge in [0.15, 0.2) is 0 Å². The maximum absolute atomic E-state index is 12.7. The quantitative estimate of drug-likeness (QED) is 0.379. The zero-order valence-electron chi connectivity index (χ0n) is 18.8. The number of hydrogen-bond donors (Lipinski definition) is 0. The summed E-state index contributed by atoms with van der Waals surface area (Å²) in [5.74, 6) is 2.70. The lowest BCUT2D eigenvalue weighted by molar-refractivity contribution is 0.0114. The van der Waals surface area contributed by atoms with Crippen LogP contribution in [0.1, 0.15) is 105 Å². The molecular weight excluding hydrogens is 408 g/mol. The smallest absolute Gasteiger partial charge is 0.348 e. The molecule has 4 heteroatoms. The molecule has 0 saturated heterocycles. The van der Waals surface area contributed by atoms with Crippen LogP contribution in [0.15, 0.2) is 12.1 Å². The van der Waals surface area contributed by atoms with Crippen LogP contribution in [-0.2, 0) is 11.2 Å². The van der Waals surface area contributed by atoms with Gasteiger partial charge in [-0.3, -0.25) is 0 Å². The van der Waals surface area contributed by atoms with E-state index in [0.29, 0.717) is 0 Å². The molecule has 4 rings (SSSR count). The summed E-state index contributed by atoms with van der Waals surface area (Å²) in [5, 5.41) is 1.22. The summed E-state index contributed by atoms with van der Waals surface area (Å²) in [6, 6.07) is 4.29. The summed E-state index contributed by atoms with van der Waals surface area (Å²) < 4.78 is 7.19. The average molecular weight is 447 g/mol. The highest BCUT2D eigenvalue weighted by molar-refractivity contribution is 7.39. The van der Waals surface area contributed by atoms with Crippen molar-refractivity contribution in [1.82, 2.24) is 0 Å². The van der Waals surface area contributed by atoms with Gasteiger partial charge in [-0.15, -0.1) is 22.7 Å². The number of aryl methyl sites for hydroxylation is 1. The van der Waals surface area contributed by atoms with Crippen LogP contribution >= 0.6 is 22.7 Å². The number of unbranched alkanes of at least 4 members (excludes halogenated alkanes) is 1. The molecule has 2 fully saturated rings. The van der Waals surface area contributed by atoms with Crippen molar-refractivity contribution in [2.75, 3.05) is 0 Å². The van der Waals surface area contributed by atoms with E-state index < -0.39 is 0 Å². The second kappa shape index (κ2) is 10.6. The summed E-state index contributed by atoms with van der Waals surface area (Å²) in [5.41, 5.74) is 0. The van der Waals surface area contributed by atoms with Gasteiger partial charge in [-0.1, -0.05) is 52.4 Å². The highest BCUT2D eigenvalue weighted by atomic mass is 32.2. The van der Waals surface area contributed by atoms with Crippen LogP contribution < -0.4 is 0 Å². The topological polar surface area (TPSA) is 26.3 Å². The standard InChI is InChI=1S/C26H38O2S2/c1-3-5-7-18-8-10-19(11-9-18)20-12-14-22(15-13-20)28-25(27)24-17-21-16-23(6-4-2)29-26(21)30-24/h16-20,22H,3-15H2,1-2H3/t18-,19-,20-,22-. The Morgan fingerprint density at radius 3 is 2.27 bits per heavy atom. The van der Waals surface area contributed by atoms with Crippen molar-refractivity contribution in [1.29, 1.82) is 0 Å². The van der Waals surface area contributed by atoms with Gasteiger partial charge in [0.2, 0.25) is 0 Å². The number of ether oxygens (including phenoxy) is 1. The summed E-state index contributed by atoms with van der Waals surface area (Å²) >= 11 is 3.45. The Bertz CT molecular complexity index is 773. The van der Waals surface area contributed by atoms with Gasteiger partial charge in [0.05, 0.1) is 4.01 Å². The lowest BCUT2D eigenvalue weighted by Crippen LogP contribution is -2.29. The molecule has 2 aromatic heterocycles. The van der Waals surface area contributed by atoms with Crippen LogP contribution in [0.4, 0.5) is 0 Å². The summed E-state index contributed by atoms with van der Waals surface area (Å²) in [4.78, 5) is 14.9. The number of fused-ring (bicyclic) bond motifs is 1. The first-order valence-electron chi connectivity index (χ1n) is 12.4. The first-order chi connectivity index (χ1) is 14.7. The predicted octanol–water partition coefficient (Wildman–Crippen LogP) is 8.63. The van der Waals surface area contributed by atoms with Crippen LogP contribution in [0.2, 0.25) is 0 Å². The number of rotatable bonds is 8. The minimum atomic E-state index is -0.0969. The van der Waals surface area contributed by atoms with E-state index in [2.05, 4.69) is 19.9 Å². The zero-order valence-corrected chi connectivity index (χ0v) is 20.4. The highest BCUT2D eigenvalue weighted by Crippen LogP contribution is 2.42. The molecule has 166 valence electrons. The fourth-order valence-electron chi connectivity index (χ4n) is 5.69. The van der Waals surface area contributed by atoms with Crippen LogP contribution in [0, 0.1) is 17.8 Å². The Balaban J connectivity index is 1.22. The van der Waals surface area contributed by atoms with Crippen molar-refractivity contribution in [2.45, 2.75) is 103 Å². The largest absolute Gasteiger partial charge is 0.458 e. The van der Waals surface area contributed by atoms with Gasteiger partial charge in [-0.2, -0.15) is 0 Å². The number of hydrogen-bond acceptors (Lipinski definition) is 4. The van der Waals surface area contributed by atoms with Gasteiger partial charge in [0.25, 0.3) is 0 Å². The number of carbonyl (C=O) groups is 1. The van der Waals surface area contributed by atoms with E-state index in [4.69, 9.17) is 4.74 Å². The van der Waals surface area contributed by atoms with Crippen molar-refractivity contribution in [2.24, 2.45) is 17.8 Å². The van der Waals surface area contributed by atoms with Crippen LogP contribution in [-0.4, -0.2) is 12.1 Å². The molecule has 0 atom stereocenters. The molecule has 0 amide bonds. The van der Waals surface area contributed by atoms with Crippen molar-refractivity contribution >= 4 is 38.0 Å². The molecular formula is C26H38O2S2. The summed E-state index contributed by atoms with van der Waals surface area (Å²) in [6.07, 6.45) is 17.1. The van der Waals surface area contributed by atoms with Gasteiger partial charge in [-0.25, -0.2) is 4.79 Å². The van der Waals surface area contributed by atoms with Gasteiger partial charge in [-0.05, 0) is 74.8 Å². The molecule has 0 bridgehead atoms. The van der Waals surface area contributed by atoms with Gasteiger partial charge in [0, 0.05) is 10.3 Å². The number of esters is 1. The third-order valence-corrected chi connectivity index (χ3v) is 9.91. The second-order valence-corrected chi connectivity index (χ2v) is 12.1. The fraction of sp³-hybridized carbons (Fsp3) is 0.731. The summed E-state index contributed by atoms with van der Waals surface area (Å²) in [7, 11) is 0. The first-order valence-corrected chi connectivity index (χ1v) is 14.0. The molecule has 2 nitrogen and oxygen atoms in total. The lowest BCUT2D eigenvalue weighted by Gasteiger charge is -2.37. The first kappa shape index (κ1) is 22.3. The summed E-state index contributed by atoms with van der Waals surface area (Å²) in [6.45, 7) is 4.52. The molecule has 2 aromatic rings. The third-order valence-electron chi connectivity index (χ3n) is 7.48. The van der Waals surface area contributed by atoms with Crippen molar-refractivity contribution in [3.63, 3.8) is 0 Å². The monoisotopic (exact) mass is 446 g/mol. The molecule has 2 aliphatic rings. The number of thiophene rings is 2. The molecule has 30 heavy (non-hydrogen) atoms. The Morgan fingerprint density at radius 1 is 0.933 bits per heavy atom. The lowest BCUT2D eigenvalue weighted by atomic mass is 9.70. The van der Waals surface area contributed by atoms with Crippen molar-refractivity contribution in [3.05, 3.63) is 21.9 Å². The number of carbonyl (C=O) groups excluding carboxylic acids is 1. The minimum absolute atomic E-state index is 0.0969. The normalized spacial score (nSPS) is 27.4. The van der Waals surface area contributed by atoms with Crippen molar-refractivity contribution < 1.29 is 9.53 Å². The third kappa shape index (κ3) is 5.48. The van der Waals surface area contributed by atoms with E-state index in [1.807, 2.05) is 17.4 Å². The van der Waals surface area contributed by atoms with Gasteiger partial charge < -0.3 is 4.74 Å². The maximum atomic E-state index is 12.7. The van der Waals surface area contributed by atoms with E-state index in [1.165, 1.54) is 78.5 Å². The SMILES string of the molecule is CCCC[C@H]1CC[C@H]([C@H]2CC[C@H](OC(=O)c3cc4cc(CCC)sc4s3)CC2)CC1. The van der Waals surface area contributed by atoms with E-state index in [9.17, 15) is 4.79 Å². The maximum Gasteiger partial charge on any atom is 0.348 e. The van der Waals surface area contributed by atoms with E-state index in [0.717, 1.165) is 41.9 Å². The van der Waals surface area contributed by atoms with Crippen molar-refractivity contribution in [3.8, 4) is 0 Å². The predicted molar refractivity (Wildman–Crippen MR) is 130 cm³/mol. The molecule has 0 unspecified atom stereocenters. The Hall–Kier alpha value is -0.870. The molecule has 0 spiro atoms. The van der Waals surface area contributed by atoms with E-state index in [1.54, 1.807) is 11.3 Å².